The zero-order valence-electron chi connectivity index (χ0n) is 18.0. The van der Waals surface area contributed by atoms with Crippen LogP contribution in [0.2, 0.25) is 0 Å². The molecule has 2 heterocycles. The zero-order valence-corrected chi connectivity index (χ0v) is 20.4. The number of aryl methyl sites for hydroxylation is 2. The number of sulfone groups is 1. The van der Waals surface area contributed by atoms with E-state index in [0.717, 1.165) is 0 Å². The summed E-state index contributed by atoms with van der Waals surface area (Å²) >= 11 is 3.35. The Morgan fingerprint density at radius 1 is 1.18 bits per heavy atom. The lowest BCUT2D eigenvalue weighted by molar-refractivity contribution is 0.0698. The van der Waals surface area contributed by atoms with Crippen LogP contribution in [0.25, 0.3) is 10.9 Å². The number of aromatic hydroxyl groups is 1. The van der Waals surface area contributed by atoms with Crippen molar-refractivity contribution in [3.63, 3.8) is 0 Å². The number of carbonyl (C=O) groups is 1. The summed E-state index contributed by atoms with van der Waals surface area (Å²) in [6.45, 7) is 1.98. The van der Waals surface area contributed by atoms with Gasteiger partial charge in [-0.15, -0.1) is 0 Å². The van der Waals surface area contributed by atoms with Gasteiger partial charge in [0.2, 0.25) is 0 Å². The van der Waals surface area contributed by atoms with E-state index in [1.807, 2.05) is 0 Å². The van der Waals surface area contributed by atoms with Crippen LogP contribution < -0.4 is 0 Å². The molecule has 0 radical (unpaired) electrons. The van der Waals surface area contributed by atoms with E-state index in [1.165, 1.54) is 0 Å². The molecular formula is C23H22BrN3O5S. The maximum atomic E-state index is 13.0. The number of fused-ring (bicyclic) bond motifs is 1. The molecule has 0 spiro atoms. The van der Waals surface area contributed by atoms with Gasteiger partial charge in [-0.25, -0.2) is 18.2 Å². The standard InChI is InChI=1S/C23H22BrN3O5S/c1-14-25-8-9-27(14)11-16-20-18(10-17(24)22(16)28)26(2)19(21(20)23(29)30)13-33(31,32)12-15-6-4-3-5-7-15/h3-10,28H,11-13H2,1-2H3,(H,29,30). The van der Waals surface area contributed by atoms with Gasteiger partial charge in [0.1, 0.15) is 11.6 Å². The Bertz CT molecular complexity index is 1470. The normalized spacial score (nSPS) is 11.8. The van der Waals surface area contributed by atoms with Gasteiger partial charge < -0.3 is 19.3 Å². The molecule has 0 saturated heterocycles. The second-order valence-electron chi connectivity index (χ2n) is 7.89. The number of imidazole rings is 1. The van der Waals surface area contributed by atoms with E-state index < -0.39 is 21.6 Å². The van der Waals surface area contributed by atoms with Crippen LogP contribution in [0.5, 0.6) is 5.75 Å². The largest absolute Gasteiger partial charge is 0.506 e. The van der Waals surface area contributed by atoms with Crippen molar-refractivity contribution in [2.24, 2.45) is 7.05 Å². The zero-order chi connectivity index (χ0) is 23.9. The molecule has 0 unspecified atom stereocenters. The third-order valence-electron chi connectivity index (χ3n) is 5.69. The molecule has 0 atom stereocenters. The molecule has 33 heavy (non-hydrogen) atoms. The summed E-state index contributed by atoms with van der Waals surface area (Å²) in [7, 11) is -2.04. The average molecular weight is 532 g/mol. The number of benzene rings is 2. The maximum absolute atomic E-state index is 13.0. The number of nitrogens with zero attached hydrogens (tertiary/aromatic N) is 3. The summed E-state index contributed by atoms with van der Waals surface area (Å²) < 4.78 is 29.8. The number of rotatable bonds is 7. The highest BCUT2D eigenvalue weighted by atomic mass is 79.9. The summed E-state index contributed by atoms with van der Waals surface area (Å²) in [4.78, 5) is 16.6. The number of halogens is 1. The van der Waals surface area contributed by atoms with Gasteiger partial charge in [0, 0.05) is 36.1 Å². The van der Waals surface area contributed by atoms with Crippen molar-refractivity contribution in [2.45, 2.75) is 25.0 Å². The summed E-state index contributed by atoms with van der Waals surface area (Å²) in [6, 6.07) is 10.4. The van der Waals surface area contributed by atoms with Gasteiger partial charge in [-0.05, 0) is 34.5 Å². The first kappa shape index (κ1) is 23.1. The summed E-state index contributed by atoms with van der Waals surface area (Å²) in [5, 5.41) is 21.2. The van der Waals surface area contributed by atoms with Crippen LogP contribution in [-0.2, 0) is 34.9 Å². The van der Waals surface area contributed by atoms with Gasteiger partial charge in [0.15, 0.2) is 9.84 Å². The van der Waals surface area contributed by atoms with Gasteiger partial charge in [0.25, 0.3) is 0 Å². The molecule has 2 aromatic heterocycles. The van der Waals surface area contributed by atoms with Gasteiger partial charge in [-0.3, -0.25) is 0 Å². The number of phenols is 1. The summed E-state index contributed by atoms with van der Waals surface area (Å²) in [6.07, 6.45) is 3.35. The lowest BCUT2D eigenvalue weighted by atomic mass is 10.0. The lowest BCUT2D eigenvalue weighted by Crippen LogP contribution is -2.13. The first-order valence-electron chi connectivity index (χ1n) is 10.1. The van der Waals surface area contributed by atoms with E-state index in [4.69, 9.17) is 0 Å². The van der Waals surface area contributed by atoms with E-state index in [9.17, 15) is 23.4 Å². The Hall–Kier alpha value is -3.11. The van der Waals surface area contributed by atoms with Crippen LogP contribution in [0, 0.1) is 6.92 Å². The average Bonchev–Trinajstić information content (AvgIpc) is 3.27. The second-order valence-corrected chi connectivity index (χ2v) is 10.8. The molecule has 0 fully saturated rings. The molecular weight excluding hydrogens is 510 g/mol. The SMILES string of the molecule is Cc1nccn1Cc1c(O)c(Br)cc2c1c(C(=O)O)c(CS(=O)(=O)Cc1ccccc1)n2C. The number of aromatic nitrogens is 3. The lowest BCUT2D eigenvalue weighted by Gasteiger charge is -2.12. The van der Waals surface area contributed by atoms with Crippen molar-refractivity contribution >= 4 is 42.6 Å². The van der Waals surface area contributed by atoms with Crippen LogP contribution in [0.15, 0.2) is 53.3 Å². The van der Waals surface area contributed by atoms with E-state index in [1.54, 1.807) is 71.9 Å². The van der Waals surface area contributed by atoms with E-state index >= 15 is 0 Å². The number of phenolic OH excluding ortho intramolecular Hbond substituents is 1. The second kappa shape index (κ2) is 8.68. The predicted molar refractivity (Wildman–Crippen MR) is 128 cm³/mol. The number of hydrogen-bond acceptors (Lipinski definition) is 5. The molecule has 0 amide bonds. The van der Waals surface area contributed by atoms with Crippen molar-refractivity contribution in [3.8, 4) is 5.75 Å². The maximum Gasteiger partial charge on any atom is 0.338 e. The van der Waals surface area contributed by atoms with Crippen LogP contribution in [0.4, 0.5) is 0 Å². The minimum atomic E-state index is -3.68. The molecule has 0 bridgehead atoms. The quantitative estimate of drug-likeness (QED) is 0.372. The highest BCUT2D eigenvalue weighted by molar-refractivity contribution is 9.10. The Balaban J connectivity index is 1.90. The van der Waals surface area contributed by atoms with E-state index in [0.29, 0.717) is 32.3 Å². The minimum Gasteiger partial charge on any atom is -0.506 e. The van der Waals surface area contributed by atoms with Crippen molar-refractivity contribution < 1.29 is 23.4 Å². The van der Waals surface area contributed by atoms with Crippen LogP contribution in [-0.4, -0.2) is 38.7 Å². The Morgan fingerprint density at radius 2 is 1.88 bits per heavy atom. The fraction of sp³-hybridized carbons (Fsp3) is 0.217. The van der Waals surface area contributed by atoms with Crippen molar-refractivity contribution in [2.75, 3.05) is 0 Å². The molecule has 172 valence electrons. The minimum absolute atomic E-state index is 0.0950. The summed E-state index contributed by atoms with van der Waals surface area (Å²) in [5.41, 5.74) is 1.55. The number of hydrogen-bond donors (Lipinski definition) is 2. The molecule has 0 aliphatic carbocycles. The van der Waals surface area contributed by atoms with Crippen molar-refractivity contribution in [1.82, 2.24) is 14.1 Å². The van der Waals surface area contributed by atoms with E-state index in [-0.39, 0.29) is 29.3 Å². The molecule has 0 aliphatic rings. The first-order chi connectivity index (χ1) is 15.6. The third kappa shape index (κ3) is 4.40. The summed E-state index contributed by atoms with van der Waals surface area (Å²) in [5.74, 6) is -1.31. The highest BCUT2D eigenvalue weighted by Crippen LogP contribution is 2.40. The topological polar surface area (TPSA) is 114 Å². The fourth-order valence-corrected chi connectivity index (χ4v) is 6.07. The molecule has 4 rings (SSSR count). The van der Waals surface area contributed by atoms with Gasteiger partial charge in [-0.1, -0.05) is 30.3 Å². The van der Waals surface area contributed by atoms with Gasteiger partial charge >= 0.3 is 5.97 Å². The van der Waals surface area contributed by atoms with Crippen LogP contribution in [0.3, 0.4) is 0 Å². The van der Waals surface area contributed by atoms with Gasteiger partial charge in [0.05, 0.1) is 33.6 Å². The molecule has 0 saturated carbocycles. The van der Waals surface area contributed by atoms with Crippen molar-refractivity contribution in [3.05, 3.63) is 81.5 Å². The number of aromatic carboxylic acids is 1. The Kier molecular flexibility index (Phi) is 6.06. The van der Waals surface area contributed by atoms with Crippen molar-refractivity contribution in [1.29, 1.82) is 0 Å². The predicted octanol–water partition coefficient (Wildman–Crippen LogP) is 4.01. The third-order valence-corrected chi connectivity index (χ3v) is 7.78. The highest BCUT2D eigenvalue weighted by Gasteiger charge is 2.29. The Labute approximate surface area is 199 Å². The Morgan fingerprint density at radius 3 is 2.48 bits per heavy atom. The van der Waals surface area contributed by atoms with Crippen LogP contribution >= 0.6 is 15.9 Å². The molecule has 2 N–H and O–H groups in total. The molecule has 0 aliphatic heterocycles. The number of carboxylic acids is 1. The monoisotopic (exact) mass is 531 g/mol. The number of carboxylic acid groups (broad SMARTS) is 1. The van der Waals surface area contributed by atoms with E-state index in [2.05, 4.69) is 20.9 Å². The molecule has 4 aromatic rings. The first-order valence-corrected chi connectivity index (χ1v) is 12.7. The smallest absolute Gasteiger partial charge is 0.338 e. The molecule has 10 heteroatoms. The van der Waals surface area contributed by atoms with Gasteiger partial charge in [-0.2, -0.15) is 0 Å². The fourth-order valence-electron chi connectivity index (χ4n) is 4.06. The molecule has 8 nitrogen and oxygen atoms in total. The molecule has 2 aromatic carbocycles. The van der Waals surface area contributed by atoms with Crippen LogP contribution in [0.1, 0.15) is 33.0 Å².